The fourth-order valence-electron chi connectivity index (χ4n) is 2.78. The van der Waals surface area contributed by atoms with Gasteiger partial charge in [-0.1, -0.05) is 0 Å². The van der Waals surface area contributed by atoms with Crippen LogP contribution in [-0.2, 0) is 11.8 Å². The highest BCUT2D eigenvalue weighted by Gasteiger charge is 2.21. The SMILES string of the molecule is Cc1nn(C)c(C)c1/C=C/C(=O)N1CCN(c2nccs2)CC1. The van der Waals surface area contributed by atoms with Gasteiger partial charge < -0.3 is 9.80 Å². The molecule has 2 aromatic heterocycles. The van der Waals surface area contributed by atoms with Crippen LogP contribution in [0, 0.1) is 13.8 Å². The Balaban J connectivity index is 1.60. The molecule has 2 aromatic rings. The molecule has 0 aromatic carbocycles. The number of hydrogen-bond donors (Lipinski definition) is 0. The summed E-state index contributed by atoms with van der Waals surface area (Å²) in [7, 11) is 1.92. The van der Waals surface area contributed by atoms with Gasteiger partial charge in [-0.3, -0.25) is 9.48 Å². The molecule has 3 heterocycles. The Bertz CT molecular complexity index is 711. The number of carbonyl (C=O) groups is 1. The van der Waals surface area contributed by atoms with Gasteiger partial charge in [-0.05, 0) is 19.9 Å². The van der Waals surface area contributed by atoms with Crippen LogP contribution in [0.3, 0.4) is 0 Å². The van der Waals surface area contributed by atoms with E-state index in [0.717, 1.165) is 48.3 Å². The minimum absolute atomic E-state index is 0.0615. The van der Waals surface area contributed by atoms with Crippen molar-refractivity contribution in [2.24, 2.45) is 7.05 Å². The Hall–Kier alpha value is -2.15. The molecule has 1 fully saturated rings. The molecule has 0 saturated carbocycles. The predicted molar refractivity (Wildman–Crippen MR) is 92.6 cm³/mol. The molecule has 122 valence electrons. The lowest BCUT2D eigenvalue weighted by Gasteiger charge is -2.34. The Morgan fingerprint density at radius 1 is 1.26 bits per heavy atom. The second-order valence-corrected chi connectivity index (χ2v) is 6.54. The maximum absolute atomic E-state index is 12.4. The van der Waals surface area contributed by atoms with Gasteiger partial charge in [-0.15, -0.1) is 11.3 Å². The number of anilines is 1. The average molecular weight is 331 g/mol. The second-order valence-electron chi connectivity index (χ2n) is 5.67. The maximum Gasteiger partial charge on any atom is 0.246 e. The van der Waals surface area contributed by atoms with Gasteiger partial charge in [0.15, 0.2) is 5.13 Å². The second kappa shape index (κ2) is 6.54. The summed E-state index contributed by atoms with van der Waals surface area (Å²) in [6.07, 6.45) is 5.36. The molecular weight excluding hydrogens is 310 g/mol. The normalized spacial score (nSPS) is 15.6. The van der Waals surface area contributed by atoms with E-state index in [4.69, 9.17) is 0 Å². The molecule has 23 heavy (non-hydrogen) atoms. The molecule has 7 heteroatoms. The van der Waals surface area contributed by atoms with Crippen molar-refractivity contribution >= 4 is 28.5 Å². The zero-order valence-electron chi connectivity index (χ0n) is 13.7. The van der Waals surface area contributed by atoms with E-state index in [2.05, 4.69) is 15.0 Å². The standard InChI is InChI=1S/C16H21N5OS/c1-12-14(13(2)19(3)18-12)4-5-15(22)20-7-9-21(10-8-20)16-17-6-11-23-16/h4-6,11H,7-10H2,1-3H3/b5-4+. The van der Waals surface area contributed by atoms with Gasteiger partial charge >= 0.3 is 0 Å². The predicted octanol–water partition coefficient (Wildman–Crippen LogP) is 1.86. The minimum atomic E-state index is 0.0615. The van der Waals surface area contributed by atoms with Crippen LogP contribution < -0.4 is 4.90 Å². The van der Waals surface area contributed by atoms with E-state index in [1.54, 1.807) is 17.4 Å². The van der Waals surface area contributed by atoms with Gasteiger partial charge in [0, 0.05) is 62.1 Å². The van der Waals surface area contributed by atoms with Gasteiger partial charge in [-0.25, -0.2) is 4.98 Å². The summed E-state index contributed by atoms with van der Waals surface area (Å²) >= 11 is 1.64. The third kappa shape index (κ3) is 3.29. The number of hydrogen-bond acceptors (Lipinski definition) is 5. The van der Waals surface area contributed by atoms with Crippen LogP contribution in [0.25, 0.3) is 6.08 Å². The molecule has 0 N–H and O–H groups in total. The molecule has 1 saturated heterocycles. The topological polar surface area (TPSA) is 54.3 Å². The van der Waals surface area contributed by atoms with Crippen LogP contribution in [0.2, 0.25) is 0 Å². The molecular formula is C16H21N5OS. The summed E-state index contributed by atoms with van der Waals surface area (Å²) in [6.45, 7) is 7.10. The third-order valence-corrected chi connectivity index (χ3v) is 5.07. The summed E-state index contributed by atoms with van der Waals surface area (Å²) < 4.78 is 1.84. The number of rotatable bonds is 3. The number of amides is 1. The summed E-state index contributed by atoms with van der Waals surface area (Å²) in [5.74, 6) is 0.0615. The van der Waals surface area contributed by atoms with E-state index < -0.39 is 0 Å². The molecule has 0 spiro atoms. The summed E-state index contributed by atoms with van der Waals surface area (Å²) in [4.78, 5) is 20.8. The van der Waals surface area contributed by atoms with E-state index >= 15 is 0 Å². The van der Waals surface area contributed by atoms with E-state index in [0.29, 0.717) is 0 Å². The Morgan fingerprint density at radius 3 is 2.57 bits per heavy atom. The van der Waals surface area contributed by atoms with Crippen molar-refractivity contribution in [3.8, 4) is 0 Å². The minimum Gasteiger partial charge on any atom is -0.345 e. The Labute approximate surface area is 140 Å². The molecule has 0 atom stereocenters. The molecule has 0 unspecified atom stereocenters. The smallest absolute Gasteiger partial charge is 0.246 e. The quantitative estimate of drug-likeness (QED) is 0.806. The van der Waals surface area contributed by atoms with E-state index in [1.807, 2.05) is 48.1 Å². The van der Waals surface area contributed by atoms with Crippen molar-refractivity contribution in [3.63, 3.8) is 0 Å². The van der Waals surface area contributed by atoms with Crippen LogP contribution in [0.1, 0.15) is 17.0 Å². The molecule has 0 bridgehead atoms. The number of thiazole rings is 1. The number of nitrogens with zero attached hydrogens (tertiary/aromatic N) is 5. The summed E-state index contributed by atoms with van der Waals surface area (Å²) in [6, 6.07) is 0. The third-order valence-electron chi connectivity index (χ3n) is 4.24. The fraction of sp³-hybridized carbons (Fsp3) is 0.438. The lowest BCUT2D eigenvalue weighted by molar-refractivity contribution is -0.126. The van der Waals surface area contributed by atoms with Crippen LogP contribution in [0.4, 0.5) is 5.13 Å². The lowest BCUT2D eigenvalue weighted by Crippen LogP contribution is -2.48. The lowest BCUT2D eigenvalue weighted by atomic mass is 10.2. The van der Waals surface area contributed by atoms with Gasteiger partial charge in [-0.2, -0.15) is 5.10 Å². The van der Waals surface area contributed by atoms with E-state index in [9.17, 15) is 4.79 Å². The van der Waals surface area contributed by atoms with Crippen molar-refractivity contribution in [3.05, 3.63) is 34.6 Å². The number of carbonyl (C=O) groups excluding carboxylic acids is 1. The van der Waals surface area contributed by atoms with Gasteiger partial charge in [0.1, 0.15) is 0 Å². The molecule has 0 radical (unpaired) electrons. The monoisotopic (exact) mass is 331 g/mol. The summed E-state index contributed by atoms with van der Waals surface area (Å²) in [5.41, 5.74) is 3.05. The van der Waals surface area contributed by atoms with Crippen LogP contribution in [0.15, 0.2) is 17.7 Å². The first kappa shape index (κ1) is 15.7. The number of aryl methyl sites for hydroxylation is 2. The zero-order chi connectivity index (χ0) is 16.4. The fourth-order valence-corrected chi connectivity index (χ4v) is 3.48. The highest BCUT2D eigenvalue weighted by atomic mass is 32.1. The van der Waals surface area contributed by atoms with Crippen molar-refractivity contribution in [1.29, 1.82) is 0 Å². The largest absolute Gasteiger partial charge is 0.345 e. The average Bonchev–Trinajstić information content (AvgIpc) is 3.16. The summed E-state index contributed by atoms with van der Waals surface area (Å²) in [5, 5.41) is 7.38. The van der Waals surface area contributed by atoms with Crippen LogP contribution in [-0.4, -0.2) is 51.8 Å². The van der Waals surface area contributed by atoms with Crippen LogP contribution in [0.5, 0.6) is 0 Å². The number of aromatic nitrogens is 3. The van der Waals surface area contributed by atoms with Gasteiger partial charge in [0.2, 0.25) is 5.91 Å². The molecule has 0 aliphatic carbocycles. The first-order chi connectivity index (χ1) is 11.1. The van der Waals surface area contributed by atoms with Crippen molar-refractivity contribution in [2.75, 3.05) is 31.1 Å². The van der Waals surface area contributed by atoms with Crippen molar-refractivity contribution in [1.82, 2.24) is 19.7 Å². The van der Waals surface area contributed by atoms with Gasteiger partial charge in [0.25, 0.3) is 0 Å². The molecule has 1 aliphatic rings. The highest BCUT2D eigenvalue weighted by Crippen LogP contribution is 2.19. The first-order valence-electron chi connectivity index (χ1n) is 7.68. The van der Waals surface area contributed by atoms with Crippen molar-refractivity contribution in [2.45, 2.75) is 13.8 Å². The molecule has 3 rings (SSSR count). The Kier molecular flexibility index (Phi) is 4.47. The van der Waals surface area contributed by atoms with Crippen molar-refractivity contribution < 1.29 is 4.79 Å². The van der Waals surface area contributed by atoms with E-state index in [1.165, 1.54) is 0 Å². The van der Waals surface area contributed by atoms with Gasteiger partial charge in [0.05, 0.1) is 5.69 Å². The Morgan fingerprint density at radius 2 is 2.00 bits per heavy atom. The molecule has 1 aliphatic heterocycles. The highest BCUT2D eigenvalue weighted by molar-refractivity contribution is 7.13. The zero-order valence-corrected chi connectivity index (χ0v) is 14.5. The van der Waals surface area contributed by atoms with Crippen LogP contribution >= 0.6 is 11.3 Å². The maximum atomic E-state index is 12.4. The number of piperazine rings is 1. The first-order valence-corrected chi connectivity index (χ1v) is 8.56. The van der Waals surface area contributed by atoms with E-state index in [-0.39, 0.29) is 5.91 Å². The molecule has 1 amide bonds. The molecule has 6 nitrogen and oxygen atoms in total.